The molecule has 4 aromatic rings. The van der Waals surface area contributed by atoms with Crippen LogP contribution in [0, 0.1) is 11.3 Å². The lowest BCUT2D eigenvalue weighted by Crippen LogP contribution is -2.27. The Balaban J connectivity index is 1.88. The second-order valence-electron chi connectivity index (χ2n) is 6.34. The zero-order valence-corrected chi connectivity index (χ0v) is 18.8. The summed E-state index contributed by atoms with van der Waals surface area (Å²) in [7, 11) is 0. The highest BCUT2D eigenvalue weighted by Gasteiger charge is 2.35. The van der Waals surface area contributed by atoms with Gasteiger partial charge in [0.15, 0.2) is 5.75 Å². The molecule has 29 heavy (non-hydrogen) atoms. The minimum Gasteiger partial charge on any atom is -0.438 e. The van der Waals surface area contributed by atoms with Gasteiger partial charge in [-0.2, -0.15) is 9.64 Å². The zero-order valence-electron chi connectivity index (χ0n) is 14.8. The number of nitrogens with one attached hydrogen (secondary N) is 1. The van der Waals surface area contributed by atoms with Gasteiger partial charge in [0, 0.05) is 4.47 Å². The summed E-state index contributed by atoms with van der Waals surface area (Å²) in [5.41, 5.74) is 7.94. The van der Waals surface area contributed by atoms with Gasteiger partial charge < -0.3 is 15.5 Å². The lowest BCUT2D eigenvalue weighted by Gasteiger charge is -2.26. The van der Waals surface area contributed by atoms with Crippen LogP contribution in [0.15, 0.2) is 49.2 Å². The second-order valence-corrected chi connectivity index (χ2v) is 10.1. The van der Waals surface area contributed by atoms with Crippen molar-refractivity contribution in [1.82, 2.24) is 9.36 Å². The Morgan fingerprint density at radius 2 is 2.28 bits per heavy atom. The fourth-order valence-electron chi connectivity index (χ4n) is 3.58. The van der Waals surface area contributed by atoms with Gasteiger partial charge in [0.05, 0.1) is 31.3 Å². The maximum Gasteiger partial charge on any atom is 0.256 e. The van der Waals surface area contributed by atoms with Crippen LogP contribution in [0.25, 0.3) is 20.4 Å². The fourth-order valence-corrected chi connectivity index (χ4v) is 6.75. The number of rotatable bonds is 2. The molecule has 1 atom stereocenters. The highest BCUT2D eigenvalue weighted by molar-refractivity contribution is 9.10. The molecule has 0 bridgehead atoms. The van der Waals surface area contributed by atoms with Crippen molar-refractivity contribution in [3.05, 3.63) is 61.7 Å². The van der Waals surface area contributed by atoms with Gasteiger partial charge in [-0.3, -0.25) is 4.79 Å². The number of nitriles is 1. The summed E-state index contributed by atoms with van der Waals surface area (Å²) in [4.78, 5) is 17.1. The fraction of sp³-hybridized carbons (Fsp3) is 0.105. The first-order valence-corrected chi connectivity index (χ1v) is 12.0. The Morgan fingerprint density at radius 3 is 3.00 bits per heavy atom. The van der Waals surface area contributed by atoms with Gasteiger partial charge in [-0.1, -0.05) is 28.1 Å². The molecule has 1 aromatic carbocycles. The van der Waals surface area contributed by atoms with Crippen LogP contribution in [0.1, 0.15) is 17.0 Å². The minimum atomic E-state index is -0.610. The SMILES string of the molecule is CSc1snc2sc3c4c(c(=O)[nH]c3c12)C(c1cccc(Br)c1)C(C#N)=C(N)O4. The van der Waals surface area contributed by atoms with Crippen molar-refractivity contribution in [1.29, 1.82) is 5.26 Å². The first kappa shape index (κ1) is 18.7. The molecule has 3 N–H and O–H groups in total. The summed E-state index contributed by atoms with van der Waals surface area (Å²) in [6.07, 6.45) is 1.98. The minimum absolute atomic E-state index is 0.0193. The smallest absolute Gasteiger partial charge is 0.256 e. The predicted molar refractivity (Wildman–Crippen MR) is 121 cm³/mol. The predicted octanol–water partition coefficient (Wildman–Crippen LogP) is 4.90. The molecular weight excluding hydrogens is 492 g/mol. The van der Waals surface area contributed by atoms with Crippen LogP contribution < -0.4 is 16.0 Å². The van der Waals surface area contributed by atoms with Gasteiger partial charge in [0.2, 0.25) is 5.88 Å². The number of fused-ring (bicyclic) bond motifs is 5. The number of thiophene rings is 1. The van der Waals surface area contributed by atoms with Crippen LogP contribution in [-0.4, -0.2) is 15.6 Å². The van der Waals surface area contributed by atoms with Crippen molar-refractivity contribution in [3.63, 3.8) is 0 Å². The molecule has 0 radical (unpaired) electrons. The third-order valence-electron chi connectivity index (χ3n) is 4.78. The molecule has 5 rings (SSSR count). The number of nitrogens with zero attached hydrogens (tertiary/aromatic N) is 2. The van der Waals surface area contributed by atoms with Crippen LogP contribution in [0.3, 0.4) is 0 Å². The standard InChI is InChI=1S/C19H11BrN4O2S3/c1-27-19-12-13-15(28-18(12)24-29-19)14-11(17(25)23-13)10(9(6-21)16(22)26-14)7-3-2-4-8(20)5-7/h2-5,10H,22H2,1H3,(H,23,25). The van der Waals surface area contributed by atoms with E-state index in [9.17, 15) is 10.1 Å². The van der Waals surface area contributed by atoms with Crippen molar-refractivity contribution in [3.8, 4) is 11.8 Å². The number of H-pyrrole nitrogens is 1. The van der Waals surface area contributed by atoms with E-state index in [2.05, 4.69) is 31.4 Å². The molecular formula is C19H11BrN4O2S3. The Morgan fingerprint density at radius 1 is 1.45 bits per heavy atom. The summed E-state index contributed by atoms with van der Waals surface area (Å²) in [5, 5.41) is 10.7. The van der Waals surface area contributed by atoms with Crippen LogP contribution in [-0.2, 0) is 0 Å². The Bertz CT molecular complexity index is 1440. The largest absolute Gasteiger partial charge is 0.438 e. The quantitative estimate of drug-likeness (QED) is 0.377. The van der Waals surface area contributed by atoms with Gasteiger partial charge >= 0.3 is 0 Å². The zero-order chi connectivity index (χ0) is 20.3. The van der Waals surface area contributed by atoms with Crippen LogP contribution in [0.5, 0.6) is 5.75 Å². The van der Waals surface area contributed by atoms with E-state index in [4.69, 9.17) is 10.5 Å². The number of nitrogens with two attached hydrogens (primary N) is 1. The van der Waals surface area contributed by atoms with Crippen molar-refractivity contribution < 1.29 is 4.74 Å². The first-order valence-electron chi connectivity index (χ1n) is 8.38. The number of ether oxygens (including phenoxy) is 1. The molecule has 0 spiro atoms. The lowest BCUT2D eigenvalue weighted by atomic mass is 9.84. The van der Waals surface area contributed by atoms with Crippen molar-refractivity contribution >= 4 is 71.0 Å². The molecule has 3 aromatic heterocycles. The molecule has 10 heteroatoms. The molecule has 0 aliphatic carbocycles. The molecule has 0 fully saturated rings. The number of pyridine rings is 1. The summed E-state index contributed by atoms with van der Waals surface area (Å²) < 4.78 is 13.0. The molecule has 1 aliphatic heterocycles. The highest BCUT2D eigenvalue weighted by Crippen LogP contribution is 2.48. The lowest BCUT2D eigenvalue weighted by molar-refractivity contribution is 0.397. The Hall–Kier alpha value is -2.32. The Kier molecular flexibility index (Phi) is 4.43. The average molecular weight is 503 g/mol. The van der Waals surface area contributed by atoms with Gasteiger partial charge in [-0.05, 0) is 35.5 Å². The number of thioether (sulfide) groups is 1. The third-order valence-corrected chi connectivity index (χ3v) is 8.42. The average Bonchev–Trinajstić information content (AvgIpc) is 3.26. The molecule has 0 saturated carbocycles. The monoisotopic (exact) mass is 502 g/mol. The molecule has 4 heterocycles. The van der Waals surface area contributed by atoms with Crippen molar-refractivity contribution in [2.24, 2.45) is 5.73 Å². The van der Waals surface area contributed by atoms with E-state index in [1.165, 1.54) is 22.9 Å². The summed E-state index contributed by atoms with van der Waals surface area (Å²) in [5.74, 6) is -0.183. The van der Waals surface area contributed by atoms with E-state index in [1.54, 1.807) is 11.8 Å². The van der Waals surface area contributed by atoms with Gasteiger partial charge in [-0.15, -0.1) is 23.1 Å². The van der Waals surface area contributed by atoms with Gasteiger partial charge in [0.25, 0.3) is 5.56 Å². The number of aromatic amines is 1. The Labute approximate surface area is 185 Å². The van der Waals surface area contributed by atoms with E-state index >= 15 is 0 Å². The molecule has 144 valence electrons. The topological polar surface area (TPSA) is 105 Å². The highest BCUT2D eigenvalue weighted by atomic mass is 79.9. The maximum atomic E-state index is 13.2. The van der Waals surface area contributed by atoms with E-state index < -0.39 is 5.92 Å². The maximum absolute atomic E-state index is 13.2. The molecule has 0 amide bonds. The molecule has 1 unspecified atom stereocenters. The van der Waals surface area contributed by atoms with E-state index in [0.717, 1.165) is 29.2 Å². The summed E-state index contributed by atoms with van der Waals surface area (Å²) in [6, 6.07) is 9.64. The van der Waals surface area contributed by atoms with E-state index in [0.29, 0.717) is 16.8 Å². The van der Waals surface area contributed by atoms with Crippen molar-refractivity contribution in [2.75, 3.05) is 6.26 Å². The normalized spacial score (nSPS) is 16.1. The van der Waals surface area contributed by atoms with Gasteiger partial charge in [-0.25, -0.2) is 0 Å². The van der Waals surface area contributed by atoms with Crippen LogP contribution in [0.2, 0.25) is 0 Å². The third kappa shape index (κ3) is 2.73. The summed E-state index contributed by atoms with van der Waals surface area (Å²) >= 11 is 7.91. The number of benzene rings is 1. The molecule has 6 nitrogen and oxygen atoms in total. The molecule has 1 aliphatic rings. The number of aromatic nitrogens is 2. The number of hydrogen-bond acceptors (Lipinski definition) is 8. The number of halogens is 1. The number of hydrogen-bond donors (Lipinski definition) is 2. The number of allylic oxidation sites excluding steroid dienone is 1. The van der Waals surface area contributed by atoms with E-state index in [-0.39, 0.29) is 17.0 Å². The van der Waals surface area contributed by atoms with Crippen molar-refractivity contribution in [2.45, 2.75) is 10.1 Å². The van der Waals surface area contributed by atoms with E-state index in [1.807, 2.05) is 30.5 Å². The van der Waals surface area contributed by atoms with Crippen LogP contribution >= 0.6 is 50.6 Å². The second kappa shape index (κ2) is 6.88. The van der Waals surface area contributed by atoms with Crippen LogP contribution in [0.4, 0.5) is 0 Å². The first-order chi connectivity index (χ1) is 14.0. The molecule has 0 saturated heterocycles. The van der Waals surface area contributed by atoms with Gasteiger partial charge in [0.1, 0.15) is 16.5 Å². The summed E-state index contributed by atoms with van der Waals surface area (Å²) in [6.45, 7) is 0.